The first kappa shape index (κ1) is 16.1. The zero-order valence-corrected chi connectivity index (χ0v) is 14.0. The van der Waals surface area contributed by atoms with Crippen LogP contribution in [0.15, 0.2) is 66.0 Å². The summed E-state index contributed by atoms with van der Waals surface area (Å²) < 4.78 is 5.22. The highest BCUT2D eigenvalue weighted by Crippen LogP contribution is 2.24. The summed E-state index contributed by atoms with van der Waals surface area (Å²) in [7, 11) is 1.58. The minimum Gasteiger partial charge on any atom is -0.495 e. The number of para-hydroxylation sites is 2. The first-order valence-electron chi connectivity index (χ1n) is 7.42. The number of ether oxygens (including phenoxy) is 1. The second kappa shape index (κ2) is 7.70. The van der Waals surface area contributed by atoms with Gasteiger partial charge >= 0.3 is 0 Å². The number of aromatic amines is 1. The summed E-state index contributed by atoms with van der Waals surface area (Å²) in [5, 5.41) is 3.56. The van der Waals surface area contributed by atoms with Crippen molar-refractivity contribution in [2.75, 3.05) is 18.2 Å². The van der Waals surface area contributed by atoms with Gasteiger partial charge < -0.3 is 15.0 Å². The van der Waals surface area contributed by atoms with Crippen molar-refractivity contribution in [2.45, 2.75) is 5.16 Å². The van der Waals surface area contributed by atoms with E-state index in [2.05, 4.69) is 15.3 Å². The lowest BCUT2D eigenvalue weighted by atomic mass is 10.2. The second-order valence-corrected chi connectivity index (χ2v) is 5.97. The molecule has 1 aromatic heterocycles. The van der Waals surface area contributed by atoms with Gasteiger partial charge in [-0.3, -0.25) is 4.79 Å². The fourth-order valence-corrected chi connectivity index (χ4v) is 2.86. The average Bonchev–Trinajstić information content (AvgIpc) is 3.10. The maximum Gasteiger partial charge on any atom is 0.234 e. The lowest BCUT2D eigenvalue weighted by Crippen LogP contribution is -2.14. The van der Waals surface area contributed by atoms with Crippen molar-refractivity contribution in [1.29, 1.82) is 0 Å². The lowest BCUT2D eigenvalue weighted by molar-refractivity contribution is -0.113. The summed E-state index contributed by atoms with van der Waals surface area (Å²) in [4.78, 5) is 19.6. The number of amides is 1. The Morgan fingerprint density at radius 3 is 2.71 bits per heavy atom. The molecule has 24 heavy (non-hydrogen) atoms. The van der Waals surface area contributed by atoms with Gasteiger partial charge in [-0.1, -0.05) is 54.2 Å². The van der Waals surface area contributed by atoms with E-state index >= 15 is 0 Å². The van der Waals surface area contributed by atoms with Crippen LogP contribution in [0.1, 0.15) is 0 Å². The maximum atomic E-state index is 12.1. The van der Waals surface area contributed by atoms with Crippen LogP contribution in [-0.4, -0.2) is 28.7 Å². The largest absolute Gasteiger partial charge is 0.495 e. The number of hydrogen-bond acceptors (Lipinski definition) is 4. The molecule has 1 heterocycles. The molecule has 122 valence electrons. The SMILES string of the molecule is COc1ccccc1NC(=O)CSc1ncc(-c2ccccc2)[nH]1. The molecule has 2 N–H and O–H groups in total. The molecule has 0 aliphatic rings. The Morgan fingerprint density at radius 2 is 1.92 bits per heavy atom. The Labute approximate surface area is 144 Å². The van der Waals surface area contributed by atoms with E-state index in [1.54, 1.807) is 19.4 Å². The average molecular weight is 339 g/mol. The van der Waals surface area contributed by atoms with E-state index in [1.807, 2.05) is 48.5 Å². The van der Waals surface area contributed by atoms with Gasteiger partial charge in [0, 0.05) is 0 Å². The van der Waals surface area contributed by atoms with Crippen LogP contribution in [0.4, 0.5) is 5.69 Å². The molecule has 0 radical (unpaired) electrons. The van der Waals surface area contributed by atoms with Crippen molar-refractivity contribution in [3.63, 3.8) is 0 Å². The van der Waals surface area contributed by atoms with E-state index in [0.717, 1.165) is 11.3 Å². The number of methoxy groups -OCH3 is 1. The van der Waals surface area contributed by atoms with Crippen molar-refractivity contribution in [1.82, 2.24) is 9.97 Å². The molecule has 0 aliphatic heterocycles. The Balaban J connectivity index is 1.58. The minimum atomic E-state index is -0.109. The van der Waals surface area contributed by atoms with Gasteiger partial charge in [0.25, 0.3) is 0 Å². The molecule has 0 spiro atoms. The Hall–Kier alpha value is -2.73. The van der Waals surface area contributed by atoms with Crippen molar-refractivity contribution in [3.05, 3.63) is 60.8 Å². The maximum absolute atomic E-state index is 12.1. The Bertz CT molecular complexity index is 818. The number of aromatic nitrogens is 2. The van der Waals surface area contributed by atoms with Gasteiger partial charge in [-0.25, -0.2) is 4.98 Å². The summed E-state index contributed by atoms with van der Waals surface area (Å²) in [5.41, 5.74) is 2.66. The highest BCUT2D eigenvalue weighted by molar-refractivity contribution is 7.99. The minimum absolute atomic E-state index is 0.109. The molecule has 1 amide bonds. The number of hydrogen-bond donors (Lipinski definition) is 2. The molecule has 0 bridgehead atoms. The number of H-pyrrole nitrogens is 1. The van der Waals surface area contributed by atoms with Crippen LogP contribution in [0.2, 0.25) is 0 Å². The number of imidazole rings is 1. The van der Waals surface area contributed by atoms with Crippen LogP contribution in [0.25, 0.3) is 11.3 Å². The number of anilines is 1. The number of rotatable bonds is 6. The Kier molecular flexibility index (Phi) is 5.18. The van der Waals surface area contributed by atoms with E-state index in [-0.39, 0.29) is 11.7 Å². The van der Waals surface area contributed by atoms with Crippen molar-refractivity contribution in [3.8, 4) is 17.0 Å². The molecule has 0 saturated carbocycles. The van der Waals surface area contributed by atoms with Crippen LogP contribution >= 0.6 is 11.8 Å². The van der Waals surface area contributed by atoms with Gasteiger partial charge in [0.2, 0.25) is 5.91 Å². The molecule has 0 fully saturated rings. The summed E-state index contributed by atoms with van der Waals surface area (Å²) in [5.74, 6) is 0.794. The third-order valence-electron chi connectivity index (χ3n) is 3.36. The normalized spacial score (nSPS) is 10.4. The van der Waals surface area contributed by atoms with Gasteiger partial charge in [-0.15, -0.1) is 0 Å². The van der Waals surface area contributed by atoms with Crippen molar-refractivity contribution in [2.24, 2.45) is 0 Å². The number of benzene rings is 2. The van der Waals surface area contributed by atoms with Gasteiger partial charge in [0.15, 0.2) is 5.16 Å². The first-order valence-corrected chi connectivity index (χ1v) is 8.41. The van der Waals surface area contributed by atoms with Gasteiger partial charge in [-0.2, -0.15) is 0 Å². The molecule has 0 aliphatic carbocycles. The molecule has 0 saturated heterocycles. The zero-order chi connectivity index (χ0) is 16.8. The monoisotopic (exact) mass is 339 g/mol. The highest BCUT2D eigenvalue weighted by Gasteiger charge is 2.09. The molecule has 0 atom stereocenters. The van der Waals surface area contributed by atoms with Gasteiger partial charge in [0.05, 0.1) is 30.4 Å². The van der Waals surface area contributed by atoms with Crippen LogP contribution in [0.3, 0.4) is 0 Å². The number of thioether (sulfide) groups is 1. The highest BCUT2D eigenvalue weighted by atomic mass is 32.2. The predicted molar refractivity (Wildman–Crippen MR) is 96.4 cm³/mol. The fourth-order valence-electron chi connectivity index (χ4n) is 2.21. The number of nitrogens with one attached hydrogen (secondary N) is 2. The third-order valence-corrected chi connectivity index (χ3v) is 4.25. The molecule has 0 unspecified atom stereocenters. The second-order valence-electron chi connectivity index (χ2n) is 5.01. The molecule has 3 rings (SSSR count). The molecular formula is C18H17N3O2S. The summed E-state index contributed by atoms with van der Waals surface area (Å²) in [6, 6.07) is 17.3. The van der Waals surface area contributed by atoms with Gasteiger partial charge in [0.1, 0.15) is 5.75 Å². The van der Waals surface area contributed by atoms with E-state index in [4.69, 9.17) is 4.74 Å². The standard InChI is InChI=1S/C18H17N3O2S/c1-23-16-10-6-5-9-14(16)20-17(22)12-24-18-19-11-15(21-18)13-7-3-2-4-8-13/h2-11H,12H2,1H3,(H,19,21)(H,20,22). The van der Waals surface area contributed by atoms with Crippen LogP contribution in [0, 0.1) is 0 Å². The molecule has 3 aromatic rings. The third kappa shape index (κ3) is 3.97. The van der Waals surface area contributed by atoms with E-state index in [1.165, 1.54) is 11.8 Å². The Morgan fingerprint density at radius 1 is 1.17 bits per heavy atom. The molecule has 6 heteroatoms. The van der Waals surface area contributed by atoms with Crippen LogP contribution in [0.5, 0.6) is 5.75 Å². The topological polar surface area (TPSA) is 67.0 Å². The first-order chi connectivity index (χ1) is 11.8. The summed E-state index contributed by atoms with van der Waals surface area (Å²) in [6.45, 7) is 0. The van der Waals surface area contributed by atoms with Crippen LogP contribution in [-0.2, 0) is 4.79 Å². The quantitative estimate of drug-likeness (QED) is 0.670. The van der Waals surface area contributed by atoms with E-state index < -0.39 is 0 Å². The van der Waals surface area contributed by atoms with Crippen molar-refractivity contribution < 1.29 is 9.53 Å². The van der Waals surface area contributed by atoms with E-state index in [9.17, 15) is 4.79 Å². The molecule has 2 aromatic carbocycles. The molecular weight excluding hydrogens is 322 g/mol. The van der Waals surface area contributed by atoms with Crippen LogP contribution < -0.4 is 10.1 Å². The fraction of sp³-hybridized carbons (Fsp3) is 0.111. The predicted octanol–water partition coefficient (Wildman–Crippen LogP) is 3.82. The summed E-state index contributed by atoms with van der Waals surface area (Å²) >= 11 is 1.36. The zero-order valence-electron chi connectivity index (χ0n) is 13.2. The van der Waals surface area contributed by atoms with Gasteiger partial charge in [-0.05, 0) is 17.7 Å². The summed E-state index contributed by atoms with van der Waals surface area (Å²) in [6.07, 6.45) is 1.77. The number of nitrogens with zero attached hydrogens (tertiary/aromatic N) is 1. The number of carbonyl (C=O) groups is 1. The smallest absolute Gasteiger partial charge is 0.234 e. The van der Waals surface area contributed by atoms with Crippen molar-refractivity contribution >= 4 is 23.4 Å². The number of carbonyl (C=O) groups excluding carboxylic acids is 1. The van der Waals surface area contributed by atoms with E-state index in [0.29, 0.717) is 16.6 Å². The lowest BCUT2D eigenvalue weighted by Gasteiger charge is -2.09. The molecule has 5 nitrogen and oxygen atoms in total.